The van der Waals surface area contributed by atoms with Crippen molar-refractivity contribution in [2.75, 3.05) is 6.54 Å². The molecule has 0 bridgehead atoms. The molecule has 7 nitrogen and oxygen atoms in total. The number of carbonyl (C=O) groups excluding carboxylic acids is 1. The highest BCUT2D eigenvalue weighted by molar-refractivity contribution is 5.79. The molecule has 2 aromatic heterocycles. The number of hydrogen-bond donors (Lipinski definition) is 1. The summed E-state index contributed by atoms with van der Waals surface area (Å²) >= 11 is 0. The lowest BCUT2D eigenvalue weighted by atomic mass is 10.0. The molecule has 0 saturated carbocycles. The Kier molecular flexibility index (Phi) is 5.07. The lowest BCUT2D eigenvalue weighted by Crippen LogP contribution is -2.39. The van der Waals surface area contributed by atoms with Crippen LogP contribution in [-0.4, -0.2) is 31.9 Å². The van der Waals surface area contributed by atoms with Gasteiger partial charge in [0.1, 0.15) is 11.6 Å². The summed E-state index contributed by atoms with van der Waals surface area (Å²) in [6, 6.07) is 7.24. The lowest BCUT2D eigenvalue weighted by molar-refractivity contribution is -0.131. The van der Waals surface area contributed by atoms with Gasteiger partial charge in [-0.25, -0.2) is 9.37 Å². The van der Waals surface area contributed by atoms with E-state index < -0.39 is 0 Å². The highest BCUT2D eigenvalue weighted by atomic mass is 19.1. The molecule has 1 aromatic carbocycles. The van der Waals surface area contributed by atoms with Gasteiger partial charge in [0.15, 0.2) is 0 Å². The standard InChI is InChI=1S/C22H21FN4O3/c1-13-19(22(30)25-14(2)24-13)10-20(28)26-8-7-15-9-21(29)27(12-16(15)11-26)18-5-3-17(23)4-6-18/h3-6,9,12H,7-8,10-11H2,1-2H3,(H,24,25,30). The first-order valence-electron chi connectivity index (χ1n) is 9.66. The van der Waals surface area contributed by atoms with E-state index in [1.807, 2.05) is 0 Å². The van der Waals surface area contributed by atoms with E-state index in [1.165, 1.54) is 28.8 Å². The Labute approximate surface area is 171 Å². The maximum absolute atomic E-state index is 13.2. The van der Waals surface area contributed by atoms with Gasteiger partial charge in [0.05, 0.1) is 6.42 Å². The number of aryl methyl sites for hydroxylation is 2. The van der Waals surface area contributed by atoms with Crippen LogP contribution in [0.4, 0.5) is 4.39 Å². The van der Waals surface area contributed by atoms with Crippen LogP contribution < -0.4 is 11.1 Å². The van der Waals surface area contributed by atoms with Crippen LogP contribution in [-0.2, 0) is 24.2 Å². The summed E-state index contributed by atoms with van der Waals surface area (Å²) < 4.78 is 14.7. The molecular formula is C22H21FN4O3. The average molecular weight is 408 g/mol. The van der Waals surface area contributed by atoms with Crippen molar-refractivity contribution in [2.45, 2.75) is 33.2 Å². The van der Waals surface area contributed by atoms with Gasteiger partial charge in [-0.2, -0.15) is 0 Å². The van der Waals surface area contributed by atoms with Gasteiger partial charge in [0.2, 0.25) is 5.91 Å². The third-order valence-corrected chi connectivity index (χ3v) is 5.37. The summed E-state index contributed by atoms with van der Waals surface area (Å²) in [6.07, 6.45) is 2.24. The first-order chi connectivity index (χ1) is 14.3. The van der Waals surface area contributed by atoms with Crippen molar-refractivity contribution in [3.63, 3.8) is 0 Å². The topological polar surface area (TPSA) is 88.1 Å². The van der Waals surface area contributed by atoms with Crippen LogP contribution in [0.5, 0.6) is 0 Å². The minimum Gasteiger partial charge on any atom is -0.338 e. The Morgan fingerprint density at radius 1 is 1.17 bits per heavy atom. The fraction of sp³-hybridized carbons (Fsp3) is 0.273. The van der Waals surface area contributed by atoms with Crippen molar-refractivity contribution < 1.29 is 9.18 Å². The van der Waals surface area contributed by atoms with Gasteiger partial charge in [0.25, 0.3) is 11.1 Å². The largest absolute Gasteiger partial charge is 0.338 e. The van der Waals surface area contributed by atoms with E-state index in [0.717, 1.165) is 11.1 Å². The summed E-state index contributed by atoms with van der Waals surface area (Å²) in [5, 5.41) is 0. The zero-order chi connectivity index (χ0) is 21.4. The zero-order valence-electron chi connectivity index (χ0n) is 16.7. The van der Waals surface area contributed by atoms with E-state index >= 15 is 0 Å². The van der Waals surface area contributed by atoms with E-state index in [9.17, 15) is 18.8 Å². The van der Waals surface area contributed by atoms with Crippen LogP contribution in [0, 0.1) is 19.7 Å². The first kappa shape index (κ1) is 19.8. The number of hydrogen-bond acceptors (Lipinski definition) is 4. The van der Waals surface area contributed by atoms with Crippen LogP contribution in [0.3, 0.4) is 0 Å². The molecule has 0 aliphatic carbocycles. The first-order valence-corrected chi connectivity index (χ1v) is 9.66. The second-order valence-electron chi connectivity index (χ2n) is 7.47. The number of benzene rings is 1. The molecule has 0 radical (unpaired) electrons. The van der Waals surface area contributed by atoms with Crippen molar-refractivity contribution in [3.05, 3.63) is 91.3 Å². The molecule has 8 heteroatoms. The number of fused-ring (bicyclic) bond motifs is 1. The number of aromatic nitrogens is 3. The molecule has 1 amide bonds. The minimum absolute atomic E-state index is 0.0264. The Morgan fingerprint density at radius 2 is 1.90 bits per heavy atom. The van der Waals surface area contributed by atoms with Crippen LogP contribution in [0.1, 0.15) is 28.2 Å². The maximum Gasteiger partial charge on any atom is 0.255 e. The van der Waals surface area contributed by atoms with E-state index in [0.29, 0.717) is 42.3 Å². The van der Waals surface area contributed by atoms with Gasteiger partial charge < -0.3 is 9.88 Å². The molecule has 1 aliphatic rings. The summed E-state index contributed by atoms with van der Waals surface area (Å²) in [5.74, 6) is -0.0313. The maximum atomic E-state index is 13.2. The third kappa shape index (κ3) is 3.80. The molecule has 154 valence electrons. The summed E-state index contributed by atoms with van der Waals surface area (Å²) in [5.41, 5.74) is 2.73. The quantitative estimate of drug-likeness (QED) is 0.716. The van der Waals surface area contributed by atoms with E-state index in [1.54, 1.807) is 31.0 Å². The lowest BCUT2D eigenvalue weighted by Gasteiger charge is -2.29. The number of rotatable bonds is 3. The van der Waals surface area contributed by atoms with Gasteiger partial charge in [-0.15, -0.1) is 0 Å². The molecule has 3 aromatic rings. The predicted molar refractivity (Wildman–Crippen MR) is 109 cm³/mol. The van der Waals surface area contributed by atoms with Gasteiger partial charge in [-0.05, 0) is 55.7 Å². The van der Waals surface area contributed by atoms with E-state index in [2.05, 4.69) is 9.97 Å². The number of aromatic amines is 1. The minimum atomic E-state index is -0.377. The summed E-state index contributed by atoms with van der Waals surface area (Å²) in [4.78, 5) is 46.1. The summed E-state index contributed by atoms with van der Waals surface area (Å²) in [7, 11) is 0. The monoisotopic (exact) mass is 408 g/mol. The number of amides is 1. The molecule has 1 N–H and O–H groups in total. The average Bonchev–Trinajstić information content (AvgIpc) is 2.70. The van der Waals surface area contributed by atoms with Gasteiger partial charge in [-0.1, -0.05) is 0 Å². The van der Waals surface area contributed by atoms with Crippen molar-refractivity contribution in [1.29, 1.82) is 0 Å². The number of pyridine rings is 1. The normalized spacial score (nSPS) is 13.2. The Hall–Kier alpha value is -3.55. The van der Waals surface area contributed by atoms with Gasteiger partial charge in [-0.3, -0.25) is 19.0 Å². The Balaban J connectivity index is 1.59. The van der Waals surface area contributed by atoms with Crippen LogP contribution in [0.15, 0.2) is 46.1 Å². The number of H-pyrrole nitrogens is 1. The molecule has 0 unspecified atom stereocenters. The predicted octanol–water partition coefficient (Wildman–Crippen LogP) is 1.80. The smallest absolute Gasteiger partial charge is 0.255 e. The summed E-state index contributed by atoms with van der Waals surface area (Å²) in [6.45, 7) is 4.23. The van der Waals surface area contributed by atoms with Crippen molar-refractivity contribution >= 4 is 5.91 Å². The number of nitrogens with one attached hydrogen (secondary N) is 1. The van der Waals surface area contributed by atoms with Crippen molar-refractivity contribution in [3.8, 4) is 5.69 Å². The Morgan fingerprint density at radius 3 is 2.60 bits per heavy atom. The van der Waals surface area contributed by atoms with Crippen LogP contribution in [0.2, 0.25) is 0 Å². The second kappa shape index (κ2) is 7.70. The SMILES string of the molecule is Cc1nc(C)c(CC(=O)N2CCc3cc(=O)n(-c4ccc(F)cc4)cc3C2)c(=O)[nH]1. The second-order valence-corrected chi connectivity index (χ2v) is 7.47. The molecule has 0 atom stereocenters. The van der Waals surface area contributed by atoms with Crippen molar-refractivity contribution in [1.82, 2.24) is 19.4 Å². The van der Waals surface area contributed by atoms with Gasteiger partial charge >= 0.3 is 0 Å². The Bertz CT molecular complexity index is 1240. The van der Waals surface area contributed by atoms with Crippen molar-refractivity contribution in [2.24, 2.45) is 0 Å². The molecule has 0 fully saturated rings. The fourth-order valence-electron chi connectivity index (χ4n) is 3.77. The zero-order valence-corrected chi connectivity index (χ0v) is 16.7. The molecule has 0 saturated heterocycles. The number of halogens is 1. The molecule has 0 spiro atoms. The molecule has 1 aliphatic heterocycles. The van der Waals surface area contributed by atoms with Gasteiger partial charge in [0, 0.05) is 42.3 Å². The molecule has 30 heavy (non-hydrogen) atoms. The molecular weight excluding hydrogens is 387 g/mol. The van der Waals surface area contributed by atoms with Crippen LogP contribution >= 0.6 is 0 Å². The molecule has 3 heterocycles. The highest BCUT2D eigenvalue weighted by Crippen LogP contribution is 2.20. The molecule has 4 rings (SSSR count). The number of nitrogens with zero attached hydrogens (tertiary/aromatic N) is 3. The fourth-order valence-corrected chi connectivity index (χ4v) is 3.77. The van der Waals surface area contributed by atoms with E-state index in [-0.39, 0.29) is 29.3 Å². The van der Waals surface area contributed by atoms with Crippen LogP contribution in [0.25, 0.3) is 5.69 Å². The van der Waals surface area contributed by atoms with E-state index in [4.69, 9.17) is 0 Å². The highest BCUT2D eigenvalue weighted by Gasteiger charge is 2.23. The number of carbonyl (C=O) groups is 1. The third-order valence-electron chi connectivity index (χ3n) is 5.37.